The fourth-order valence-corrected chi connectivity index (χ4v) is 4.01. The number of halogens is 1. The number of anilines is 1. The molecule has 0 spiro atoms. The summed E-state index contributed by atoms with van der Waals surface area (Å²) < 4.78 is 21.3. The zero-order valence-corrected chi connectivity index (χ0v) is 18.9. The third kappa shape index (κ3) is 4.39. The van der Waals surface area contributed by atoms with Gasteiger partial charge in [0.15, 0.2) is 5.69 Å². The fourth-order valence-electron chi connectivity index (χ4n) is 4.01. The second kappa shape index (κ2) is 9.22. The van der Waals surface area contributed by atoms with Gasteiger partial charge in [0.25, 0.3) is 11.5 Å². The van der Waals surface area contributed by atoms with E-state index in [0.717, 1.165) is 10.6 Å². The Morgan fingerprint density at radius 2 is 2.09 bits per heavy atom. The van der Waals surface area contributed by atoms with Crippen molar-refractivity contribution in [2.75, 3.05) is 5.32 Å². The minimum Gasteiger partial charge on any atom is -0.501 e. The summed E-state index contributed by atoms with van der Waals surface area (Å²) in [4.78, 5) is 29.9. The van der Waals surface area contributed by atoms with Crippen LogP contribution in [0.25, 0.3) is 0 Å². The number of carbonyl (C=O) groups is 1. The van der Waals surface area contributed by atoms with Gasteiger partial charge in [0.2, 0.25) is 5.75 Å². The van der Waals surface area contributed by atoms with Crippen LogP contribution in [0.3, 0.4) is 0 Å². The molecule has 4 rings (SSSR count). The SMILES string of the molecule is C[C@H](c1nc(C(=O)Nc2cnoc2)c(O)c(=O)n1C)[C@@H](c1cnn(C)c1)c1ccc(F)cc1C#N. The second-order valence-corrected chi connectivity index (χ2v) is 7.96. The Bertz CT molecular complexity index is 1500. The van der Waals surface area contributed by atoms with Crippen LogP contribution in [0.5, 0.6) is 5.75 Å². The van der Waals surface area contributed by atoms with Gasteiger partial charge in [0, 0.05) is 32.1 Å². The van der Waals surface area contributed by atoms with Crippen LogP contribution in [-0.4, -0.2) is 35.5 Å². The largest absolute Gasteiger partial charge is 0.501 e. The predicted molar refractivity (Wildman–Crippen MR) is 120 cm³/mol. The summed E-state index contributed by atoms with van der Waals surface area (Å²) in [5.74, 6) is -3.27. The molecule has 0 bridgehead atoms. The van der Waals surface area contributed by atoms with Crippen LogP contribution in [0.15, 0.2) is 52.4 Å². The van der Waals surface area contributed by atoms with E-state index in [1.54, 1.807) is 31.0 Å². The number of amides is 1. The number of hydrogen-bond acceptors (Lipinski definition) is 8. The van der Waals surface area contributed by atoms with Crippen molar-refractivity contribution >= 4 is 11.6 Å². The Kier molecular flexibility index (Phi) is 6.16. The van der Waals surface area contributed by atoms with Gasteiger partial charge in [-0.05, 0) is 23.3 Å². The van der Waals surface area contributed by atoms with Gasteiger partial charge in [-0.25, -0.2) is 9.37 Å². The summed E-state index contributed by atoms with van der Waals surface area (Å²) >= 11 is 0. The van der Waals surface area contributed by atoms with Crippen LogP contribution in [0.4, 0.5) is 10.1 Å². The van der Waals surface area contributed by atoms with Gasteiger partial charge >= 0.3 is 0 Å². The molecule has 0 aliphatic heterocycles. The van der Waals surface area contributed by atoms with E-state index in [0.29, 0.717) is 11.1 Å². The first kappa shape index (κ1) is 23.4. The zero-order valence-electron chi connectivity index (χ0n) is 18.9. The van der Waals surface area contributed by atoms with Gasteiger partial charge in [-0.1, -0.05) is 18.1 Å². The Balaban J connectivity index is 1.86. The number of hydrogen-bond donors (Lipinski definition) is 2. The number of aromatic hydroxyl groups is 1. The first-order valence-electron chi connectivity index (χ1n) is 10.4. The van der Waals surface area contributed by atoms with Gasteiger partial charge in [-0.3, -0.25) is 18.8 Å². The van der Waals surface area contributed by atoms with Crippen molar-refractivity contribution in [2.45, 2.75) is 18.8 Å². The van der Waals surface area contributed by atoms with E-state index in [4.69, 9.17) is 0 Å². The molecule has 2 N–H and O–H groups in total. The molecule has 4 aromatic rings. The number of nitrogens with zero attached hydrogens (tertiary/aromatic N) is 6. The molecule has 12 heteroatoms. The van der Waals surface area contributed by atoms with Crippen molar-refractivity contribution in [3.05, 3.63) is 87.4 Å². The third-order valence-electron chi connectivity index (χ3n) is 5.67. The molecule has 178 valence electrons. The van der Waals surface area contributed by atoms with Gasteiger partial charge in [0.05, 0.1) is 24.0 Å². The van der Waals surface area contributed by atoms with Crippen LogP contribution in [-0.2, 0) is 14.1 Å². The van der Waals surface area contributed by atoms with Crippen LogP contribution in [0.2, 0.25) is 0 Å². The predicted octanol–water partition coefficient (Wildman–Crippen LogP) is 2.41. The van der Waals surface area contributed by atoms with Crippen LogP contribution < -0.4 is 10.9 Å². The summed E-state index contributed by atoms with van der Waals surface area (Å²) in [5, 5.41) is 30.2. The first-order valence-corrected chi connectivity index (χ1v) is 10.4. The van der Waals surface area contributed by atoms with E-state index in [1.807, 2.05) is 6.07 Å². The molecule has 0 fully saturated rings. The number of benzene rings is 1. The minimum atomic E-state index is -0.839. The number of rotatable bonds is 6. The molecule has 0 aliphatic carbocycles. The van der Waals surface area contributed by atoms with E-state index >= 15 is 0 Å². The topological polar surface area (TPSA) is 152 Å². The maximum absolute atomic E-state index is 13.9. The highest BCUT2D eigenvalue weighted by molar-refractivity contribution is 6.04. The molecule has 35 heavy (non-hydrogen) atoms. The fraction of sp³-hybridized carbons (Fsp3) is 0.217. The number of carbonyl (C=O) groups excluding carboxylic acids is 1. The number of nitrogens with one attached hydrogen (secondary N) is 1. The van der Waals surface area contributed by atoms with Crippen molar-refractivity contribution < 1.29 is 18.8 Å². The third-order valence-corrected chi connectivity index (χ3v) is 5.67. The second-order valence-electron chi connectivity index (χ2n) is 7.96. The van der Waals surface area contributed by atoms with Crippen LogP contribution >= 0.6 is 0 Å². The highest BCUT2D eigenvalue weighted by atomic mass is 19.1. The quantitative estimate of drug-likeness (QED) is 0.429. The van der Waals surface area contributed by atoms with Crippen LogP contribution in [0, 0.1) is 17.1 Å². The van der Waals surface area contributed by atoms with Crippen molar-refractivity contribution in [3.8, 4) is 11.8 Å². The number of aromatic nitrogens is 5. The van der Waals surface area contributed by atoms with Gasteiger partial charge in [-0.2, -0.15) is 10.4 Å². The van der Waals surface area contributed by atoms with Crippen molar-refractivity contribution in [2.24, 2.45) is 14.1 Å². The molecular weight excluding hydrogens is 457 g/mol. The molecule has 1 aromatic carbocycles. The summed E-state index contributed by atoms with van der Waals surface area (Å²) in [7, 11) is 3.14. The molecule has 3 aromatic heterocycles. The first-order chi connectivity index (χ1) is 16.7. The molecule has 2 atom stereocenters. The molecule has 11 nitrogen and oxygen atoms in total. The Labute approximate surface area is 198 Å². The smallest absolute Gasteiger partial charge is 0.296 e. The summed E-state index contributed by atoms with van der Waals surface area (Å²) in [6, 6.07) is 5.89. The average molecular weight is 477 g/mol. The van der Waals surface area contributed by atoms with E-state index < -0.39 is 40.6 Å². The summed E-state index contributed by atoms with van der Waals surface area (Å²) in [5.41, 5.74) is 0.181. The standard InChI is InChI=1S/C23H20FN7O4/c1-12(18(14-8-26-30(2)10-14)17-5-4-15(24)6-13(17)7-25)21-29-19(20(32)23(34)31(21)3)22(33)28-16-9-27-35-11-16/h4-6,8-12,18,32H,1-3H3,(H,28,33)/t12-,18-/m0/s1. The molecule has 1 amide bonds. The van der Waals surface area contributed by atoms with E-state index in [-0.39, 0.29) is 17.1 Å². The average Bonchev–Trinajstić information content (AvgIpc) is 3.50. The molecule has 0 aliphatic rings. The maximum atomic E-state index is 13.9. The lowest BCUT2D eigenvalue weighted by Crippen LogP contribution is -2.29. The maximum Gasteiger partial charge on any atom is 0.296 e. The van der Waals surface area contributed by atoms with Gasteiger partial charge in [0.1, 0.15) is 23.6 Å². The monoisotopic (exact) mass is 477 g/mol. The van der Waals surface area contributed by atoms with Gasteiger partial charge in [-0.15, -0.1) is 0 Å². The number of aryl methyl sites for hydroxylation is 1. The molecule has 0 saturated carbocycles. The molecular formula is C23H20FN7O4. The number of nitriles is 1. The van der Waals surface area contributed by atoms with Crippen molar-refractivity contribution in [3.63, 3.8) is 0 Å². The Hall–Kier alpha value is -4.79. The summed E-state index contributed by atoms with van der Waals surface area (Å²) in [6.07, 6.45) is 5.76. The Morgan fingerprint density at radius 1 is 1.31 bits per heavy atom. The van der Waals surface area contributed by atoms with Crippen LogP contribution in [0.1, 0.15) is 51.8 Å². The van der Waals surface area contributed by atoms with E-state index in [1.165, 1.54) is 31.6 Å². The lowest BCUT2D eigenvalue weighted by Gasteiger charge is -2.26. The molecule has 3 heterocycles. The van der Waals surface area contributed by atoms with E-state index in [2.05, 4.69) is 25.1 Å². The van der Waals surface area contributed by atoms with E-state index in [9.17, 15) is 24.3 Å². The van der Waals surface area contributed by atoms with Gasteiger partial charge < -0.3 is 14.9 Å². The molecule has 0 saturated heterocycles. The van der Waals surface area contributed by atoms with Crippen molar-refractivity contribution in [1.82, 2.24) is 24.5 Å². The van der Waals surface area contributed by atoms with Crippen molar-refractivity contribution in [1.29, 1.82) is 5.26 Å². The summed E-state index contributed by atoms with van der Waals surface area (Å²) in [6.45, 7) is 1.75. The molecule has 0 unspecified atom stereocenters. The Morgan fingerprint density at radius 3 is 2.71 bits per heavy atom. The highest BCUT2D eigenvalue weighted by Gasteiger charge is 2.31. The normalized spacial score (nSPS) is 12.7. The zero-order chi connectivity index (χ0) is 25.3. The lowest BCUT2D eigenvalue weighted by molar-refractivity contribution is 0.101. The molecule has 0 radical (unpaired) electrons. The highest BCUT2D eigenvalue weighted by Crippen LogP contribution is 2.39. The lowest BCUT2D eigenvalue weighted by atomic mass is 9.80. The minimum absolute atomic E-state index is 0.111.